The third-order valence-electron chi connectivity index (χ3n) is 4.66. The number of halogens is 1. The molecule has 4 rings (SSSR count). The molecular formula is C21H21FN2O4. The molecule has 2 aromatic carbocycles. The minimum absolute atomic E-state index is 0.298. The highest BCUT2D eigenvalue weighted by molar-refractivity contribution is 5.53. The minimum atomic E-state index is -0.298. The number of methoxy groups -OCH3 is 2. The number of ether oxygens (including phenoxy) is 3. The molecule has 2 heterocycles. The van der Waals surface area contributed by atoms with Gasteiger partial charge in [0.2, 0.25) is 0 Å². The molecule has 0 atom stereocenters. The van der Waals surface area contributed by atoms with Crippen LogP contribution in [0.1, 0.15) is 22.6 Å². The van der Waals surface area contributed by atoms with E-state index in [0.29, 0.717) is 42.6 Å². The van der Waals surface area contributed by atoms with Crippen LogP contribution in [0.4, 0.5) is 4.39 Å². The highest BCUT2D eigenvalue weighted by atomic mass is 19.1. The number of hydrogen-bond acceptors (Lipinski definition) is 6. The number of benzene rings is 2. The zero-order valence-electron chi connectivity index (χ0n) is 16.0. The summed E-state index contributed by atoms with van der Waals surface area (Å²) in [5.41, 5.74) is 2.52. The Balaban J connectivity index is 1.77. The van der Waals surface area contributed by atoms with Gasteiger partial charge in [-0.3, -0.25) is 4.90 Å². The van der Waals surface area contributed by atoms with Gasteiger partial charge < -0.3 is 18.7 Å². The Kier molecular flexibility index (Phi) is 4.92. The quantitative estimate of drug-likeness (QED) is 0.663. The van der Waals surface area contributed by atoms with Crippen molar-refractivity contribution >= 4 is 0 Å². The second-order valence-electron chi connectivity index (χ2n) is 6.74. The largest absolute Gasteiger partial charge is 0.493 e. The summed E-state index contributed by atoms with van der Waals surface area (Å²) in [6.45, 7) is 3.49. The first-order valence-corrected chi connectivity index (χ1v) is 8.91. The van der Waals surface area contributed by atoms with E-state index < -0.39 is 0 Å². The summed E-state index contributed by atoms with van der Waals surface area (Å²) in [6, 6.07) is 10.1. The van der Waals surface area contributed by atoms with Crippen molar-refractivity contribution in [3.05, 3.63) is 64.8 Å². The van der Waals surface area contributed by atoms with Crippen LogP contribution in [0.5, 0.6) is 23.0 Å². The van der Waals surface area contributed by atoms with Crippen molar-refractivity contribution in [2.75, 3.05) is 14.2 Å². The fourth-order valence-electron chi connectivity index (χ4n) is 3.38. The normalized spacial score (nSPS) is 13.7. The smallest absolute Gasteiger partial charge is 0.164 e. The monoisotopic (exact) mass is 384 g/mol. The predicted octanol–water partition coefficient (Wildman–Crippen LogP) is 4.45. The van der Waals surface area contributed by atoms with E-state index in [9.17, 15) is 4.39 Å². The summed E-state index contributed by atoms with van der Waals surface area (Å²) in [7, 11) is 3.18. The van der Waals surface area contributed by atoms with Crippen molar-refractivity contribution in [2.24, 2.45) is 0 Å². The lowest BCUT2D eigenvalue weighted by molar-refractivity contribution is 0.227. The van der Waals surface area contributed by atoms with Crippen molar-refractivity contribution in [2.45, 2.75) is 26.6 Å². The fourth-order valence-corrected chi connectivity index (χ4v) is 3.38. The number of fused-ring (bicyclic) bond motifs is 2. The first kappa shape index (κ1) is 18.3. The zero-order chi connectivity index (χ0) is 19.7. The molecule has 28 heavy (non-hydrogen) atoms. The van der Waals surface area contributed by atoms with Gasteiger partial charge in [0.1, 0.15) is 23.1 Å². The molecule has 0 saturated heterocycles. The molecule has 0 amide bonds. The van der Waals surface area contributed by atoms with Crippen LogP contribution in [0, 0.1) is 12.7 Å². The van der Waals surface area contributed by atoms with Crippen molar-refractivity contribution in [3.63, 3.8) is 0 Å². The van der Waals surface area contributed by atoms with E-state index in [0.717, 1.165) is 22.6 Å². The molecule has 0 saturated carbocycles. The van der Waals surface area contributed by atoms with Crippen molar-refractivity contribution in [1.29, 1.82) is 0 Å². The van der Waals surface area contributed by atoms with Gasteiger partial charge in [-0.1, -0.05) is 5.16 Å². The first-order chi connectivity index (χ1) is 13.6. The SMILES string of the molecule is COc1cc2c(cc1OC)Oc1ccc(F)cc1CN(Cc1cc(C)on1)C2. The Morgan fingerprint density at radius 3 is 2.39 bits per heavy atom. The van der Waals surface area contributed by atoms with E-state index in [1.165, 1.54) is 12.1 Å². The van der Waals surface area contributed by atoms with Crippen LogP contribution in [-0.2, 0) is 19.6 Å². The van der Waals surface area contributed by atoms with Crippen LogP contribution in [0.15, 0.2) is 40.9 Å². The molecule has 0 N–H and O–H groups in total. The van der Waals surface area contributed by atoms with Crippen LogP contribution in [0.2, 0.25) is 0 Å². The summed E-state index contributed by atoms with van der Waals surface area (Å²) in [4.78, 5) is 2.16. The third-order valence-corrected chi connectivity index (χ3v) is 4.66. The zero-order valence-corrected chi connectivity index (χ0v) is 16.0. The van der Waals surface area contributed by atoms with Gasteiger partial charge in [-0.2, -0.15) is 0 Å². The summed E-state index contributed by atoms with van der Waals surface area (Å²) in [5, 5.41) is 4.09. The summed E-state index contributed by atoms with van der Waals surface area (Å²) in [6.07, 6.45) is 0. The Morgan fingerprint density at radius 2 is 1.71 bits per heavy atom. The second-order valence-corrected chi connectivity index (χ2v) is 6.74. The van der Waals surface area contributed by atoms with E-state index in [1.54, 1.807) is 26.4 Å². The number of hydrogen-bond donors (Lipinski definition) is 0. The van der Waals surface area contributed by atoms with Crippen molar-refractivity contribution < 1.29 is 23.1 Å². The molecule has 1 aliphatic rings. The van der Waals surface area contributed by atoms with Crippen LogP contribution < -0.4 is 14.2 Å². The first-order valence-electron chi connectivity index (χ1n) is 8.91. The average Bonchev–Trinajstić information content (AvgIpc) is 3.07. The molecule has 6 nitrogen and oxygen atoms in total. The maximum atomic E-state index is 13.9. The van der Waals surface area contributed by atoms with E-state index in [-0.39, 0.29) is 5.82 Å². The molecule has 0 fully saturated rings. The fraction of sp³-hybridized carbons (Fsp3) is 0.286. The molecule has 0 radical (unpaired) electrons. The van der Waals surface area contributed by atoms with Gasteiger partial charge in [0.25, 0.3) is 0 Å². The number of rotatable bonds is 4. The van der Waals surface area contributed by atoms with E-state index in [1.807, 2.05) is 19.1 Å². The van der Waals surface area contributed by atoms with Gasteiger partial charge in [0.05, 0.1) is 19.9 Å². The highest BCUT2D eigenvalue weighted by Gasteiger charge is 2.22. The number of aromatic nitrogens is 1. The van der Waals surface area contributed by atoms with Crippen LogP contribution in [0.25, 0.3) is 0 Å². The van der Waals surface area contributed by atoms with Gasteiger partial charge in [0, 0.05) is 42.9 Å². The topological polar surface area (TPSA) is 57.0 Å². The second kappa shape index (κ2) is 7.52. The van der Waals surface area contributed by atoms with Crippen LogP contribution >= 0.6 is 0 Å². The summed E-state index contributed by atoms with van der Waals surface area (Å²) < 4.78 is 36.0. The standard InChI is InChI=1S/C21H21FN2O4/c1-13-6-17(23-28-13)12-24-10-14-7-16(22)4-5-18(14)27-19-9-21(26-3)20(25-2)8-15(19)11-24/h4-9H,10-12H2,1-3H3. The summed E-state index contributed by atoms with van der Waals surface area (Å²) in [5.74, 6) is 2.91. The third kappa shape index (κ3) is 3.66. The summed E-state index contributed by atoms with van der Waals surface area (Å²) >= 11 is 0. The molecule has 7 heteroatoms. The molecular weight excluding hydrogens is 363 g/mol. The van der Waals surface area contributed by atoms with Crippen LogP contribution in [-0.4, -0.2) is 24.3 Å². The van der Waals surface area contributed by atoms with Gasteiger partial charge in [-0.15, -0.1) is 0 Å². The molecule has 0 aliphatic carbocycles. The average molecular weight is 384 g/mol. The molecule has 0 bridgehead atoms. The Hall–Kier alpha value is -3.06. The Morgan fingerprint density at radius 1 is 1.00 bits per heavy atom. The lowest BCUT2D eigenvalue weighted by atomic mass is 10.1. The van der Waals surface area contributed by atoms with Crippen molar-refractivity contribution in [1.82, 2.24) is 10.1 Å². The molecule has 146 valence electrons. The number of aryl methyl sites for hydroxylation is 1. The van der Waals surface area contributed by atoms with E-state index in [4.69, 9.17) is 18.7 Å². The van der Waals surface area contributed by atoms with Crippen LogP contribution in [0.3, 0.4) is 0 Å². The molecule has 0 unspecified atom stereocenters. The molecule has 3 aromatic rings. The molecule has 0 spiro atoms. The lowest BCUT2D eigenvalue weighted by Crippen LogP contribution is -2.24. The van der Waals surface area contributed by atoms with Crippen molar-refractivity contribution in [3.8, 4) is 23.0 Å². The molecule has 1 aromatic heterocycles. The maximum Gasteiger partial charge on any atom is 0.164 e. The Labute approximate surface area is 162 Å². The number of nitrogens with zero attached hydrogens (tertiary/aromatic N) is 2. The minimum Gasteiger partial charge on any atom is -0.493 e. The lowest BCUT2D eigenvalue weighted by Gasteiger charge is -2.27. The van der Waals surface area contributed by atoms with E-state index >= 15 is 0 Å². The Bertz CT molecular complexity index is 1000. The van der Waals surface area contributed by atoms with E-state index in [2.05, 4.69) is 10.1 Å². The van der Waals surface area contributed by atoms with Gasteiger partial charge in [-0.25, -0.2) is 4.39 Å². The maximum absolute atomic E-state index is 13.9. The van der Waals surface area contributed by atoms with Gasteiger partial charge >= 0.3 is 0 Å². The predicted molar refractivity (Wildman–Crippen MR) is 100 cm³/mol. The molecule has 1 aliphatic heterocycles. The van der Waals surface area contributed by atoms with Gasteiger partial charge in [-0.05, 0) is 31.2 Å². The highest BCUT2D eigenvalue weighted by Crippen LogP contribution is 2.40. The van der Waals surface area contributed by atoms with Gasteiger partial charge in [0.15, 0.2) is 11.5 Å².